The van der Waals surface area contributed by atoms with E-state index in [0.717, 1.165) is 38.5 Å². The van der Waals surface area contributed by atoms with Crippen LogP contribution in [0.1, 0.15) is 17.2 Å². The summed E-state index contributed by atoms with van der Waals surface area (Å²) in [7, 11) is 5.03. The van der Waals surface area contributed by atoms with E-state index in [1.807, 2.05) is 18.2 Å². The van der Waals surface area contributed by atoms with Crippen LogP contribution in [0.2, 0.25) is 0 Å². The molecule has 1 aliphatic heterocycles. The molecule has 1 heterocycles. The van der Waals surface area contributed by atoms with Gasteiger partial charge in [-0.2, -0.15) is 0 Å². The first-order valence-corrected chi connectivity index (χ1v) is 10.2. The van der Waals surface area contributed by atoms with Crippen LogP contribution in [0.25, 0.3) is 0 Å². The number of nitrogens with zero attached hydrogens (tertiary/aromatic N) is 2. The molecule has 170 valence electrons. The number of rotatable bonds is 7. The number of hydrogen-bond donors (Lipinski definition) is 2. The number of benzene rings is 2. The molecule has 1 unspecified atom stereocenters. The molecule has 2 aromatic carbocycles. The molecular weight excluding hydrogens is 507 g/mol. The standard InChI is InChI=1S/C23H32N4O3.HI/c1-17-6-5-7-18(14-17)20(27-10-12-30-13-11-27)16-25-23(24-2)26-19-8-9-21(28-3)22(15-19)29-4;/h5-9,14-15,20H,10-13,16H2,1-4H3,(H2,24,25,26);1H. The van der Waals surface area contributed by atoms with E-state index < -0.39 is 0 Å². The van der Waals surface area contributed by atoms with Gasteiger partial charge in [-0.05, 0) is 24.6 Å². The van der Waals surface area contributed by atoms with Gasteiger partial charge in [-0.25, -0.2) is 0 Å². The van der Waals surface area contributed by atoms with Crippen LogP contribution in [0.5, 0.6) is 11.5 Å². The molecule has 0 spiro atoms. The Hall–Kier alpha value is -2.04. The van der Waals surface area contributed by atoms with Gasteiger partial charge in [0.25, 0.3) is 0 Å². The molecule has 0 radical (unpaired) electrons. The minimum atomic E-state index is 0. The Kier molecular flexibility index (Phi) is 10.4. The van der Waals surface area contributed by atoms with Gasteiger partial charge in [0.2, 0.25) is 0 Å². The highest BCUT2D eigenvalue weighted by atomic mass is 127. The van der Waals surface area contributed by atoms with Crippen LogP contribution < -0.4 is 20.1 Å². The molecule has 1 aliphatic rings. The molecule has 0 bridgehead atoms. The van der Waals surface area contributed by atoms with Crippen molar-refractivity contribution < 1.29 is 14.2 Å². The number of hydrogen-bond acceptors (Lipinski definition) is 5. The highest BCUT2D eigenvalue weighted by Crippen LogP contribution is 2.29. The fourth-order valence-corrected chi connectivity index (χ4v) is 3.65. The second kappa shape index (κ2) is 12.7. The first-order valence-electron chi connectivity index (χ1n) is 10.2. The highest BCUT2D eigenvalue weighted by Gasteiger charge is 2.23. The number of methoxy groups -OCH3 is 2. The maximum Gasteiger partial charge on any atom is 0.195 e. The smallest absolute Gasteiger partial charge is 0.195 e. The summed E-state index contributed by atoms with van der Waals surface area (Å²) in [6.45, 7) is 6.23. The molecule has 0 saturated carbocycles. The second-order valence-electron chi connectivity index (χ2n) is 7.23. The van der Waals surface area contributed by atoms with E-state index >= 15 is 0 Å². The molecule has 7 nitrogen and oxygen atoms in total. The first-order chi connectivity index (χ1) is 14.6. The summed E-state index contributed by atoms with van der Waals surface area (Å²) in [6, 6.07) is 14.6. The van der Waals surface area contributed by atoms with Gasteiger partial charge in [0.15, 0.2) is 17.5 Å². The van der Waals surface area contributed by atoms with E-state index in [9.17, 15) is 0 Å². The van der Waals surface area contributed by atoms with Crippen molar-refractivity contribution in [2.45, 2.75) is 13.0 Å². The lowest BCUT2D eigenvalue weighted by atomic mass is 10.0. The molecule has 2 N–H and O–H groups in total. The Bertz CT molecular complexity index is 856. The van der Waals surface area contributed by atoms with Crippen molar-refractivity contribution in [3.63, 3.8) is 0 Å². The van der Waals surface area contributed by atoms with Crippen LogP contribution in [0.4, 0.5) is 5.69 Å². The van der Waals surface area contributed by atoms with Gasteiger partial charge in [0, 0.05) is 38.4 Å². The normalized spacial score (nSPS) is 15.5. The molecule has 1 fully saturated rings. The predicted molar refractivity (Wildman–Crippen MR) is 136 cm³/mol. The van der Waals surface area contributed by atoms with Crippen LogP contribution in [-0.2, 0) is 4.74 Å². The molecule has 0 aromatic heterocycles. The van der Waals surface area contributed by atoms with E-state index in [4.69, 9.17) is 14.2 Å². The predicted octanol–water partition coefficient (Wildman–Crippen LogP) is 3.69. The van der Waals surface area contributed by atoms with Crippen molar-refractivity contribution in [2.24, 2.45) is 4.99 Å². The minimum Gasteiger partial charge on any atom is -0.493 e. The number of morpholine rings is 1. The number of aryl methyl sites for hydroxylation is 1. The monoisotopic (exact) mass is 540 g/mol. The number of nitrogens with one attached hydrogen (secondary N) is 2. The Balaban J connectivity index is 0.00000341. The Morgan fingerprint density at radius 2 is 1.84 bits per heavy atom. The van der Waals surface area contributed by atoms with Gasteiger partial charge in [-0.1, -0.05) is 29.8 Å². The summed E-state index contributed by atoms with van der Waals surface area (Å²) < 4.78 is 16.3. The molecule has 1 saturated heterocycles. The van der Waals surface area contributed by atoms with Gasteiger partial charge in [0.1, 0.15) is 0 Å². The Labute approximate surface area is 202 Å². The van der Waals surface area contributed by atoms with Crippen LogP contribution in [0.3, 0.4) is 0 Å². The summed E-state index contributed by atoms with van der Waals surface area (Å²) in [6.07, 6.45) is 0. The van der Waals surface area contributed by atoms with Crippen LogP contribution in [0, 0.1) is 6.92 Å². The van der Waals surface area contributed by atoms with Crippen LogP contribution >= 0.6 is 24.0 Å². The second-order valence-corrected chi connectivity index (χ2v) is 7.23. The highest BCUT2D eigenvalue weighted by molar-refractivity contribution is 14.0. The summed E-state index contributed by atoms with van der Waals surface area (Å²) in [4.78, 5) is 6.86. The maximum absolute atomic E-state index is 5.56. The zero-order chi connectivity index (χ0) is 21.3. The molecule has 8 heteroatoms. The maximum atomic E-state index is 5.56. The van der Waals surface area contributed by atoms with Gasteiger partial charge < -0.3 is 24.8 Å². The number of halogens is 1. The lowest BCUT2D eigenvalue weighted by Gasteiger charge is -2.35. The lowest BCUT2D eigenvalue weighted by molar-refractivity contribution is 0.0170. The first kappa shape index (κ1) is 25.2. The van der Waals surface area contributed by atoms with Crippen molar-refractivity contribution in [3.05, 3.63) is 53.6 Å². The molecule has 0 amide bonds. The number of ether oxygens (including phenoxy) is 3. The summed E-state index contributed by atoms with van der Waals surface area (Å²) in [5.74, 6) is 2.06. The zero-order valence-electron chi connectivity index (χ0n) is 18.7. The average Bonchev–Trinajstić information content (AvgIpc) is 2.79. The third kappa shape index (κ3) is 6.98. The van der Waals surface area contributed by atoms with Crippen molar-refractivity contribution in [1.29, 1.82) is 0 Å². The topological polar surface area (TPSA) is 67.4 Å². The van der Waals surface area contributed by atoms with E-state index in [-0.39, 0.29) is 30.0 Å². The molecule has 3 rings (SSSR count). The van der Waals surface area contributed by atoms with Crippen molar-refractivity contribution >= 4 is 35.6 Å². The Morgan fingerprint density at radius 1 is 1.10 bits per heavy atom. The Morgan fingerprint density at radius 3 is 2.48 bits per heavy atom. The molecular formula is C23H33IN4O3. The summed E-state index contributed by atoms with van der Waals surface area (Å²) >= 11 is 0. The minimum absolute atomic E-state index is 0. The quantitative estimate of drug-likeness (QED) is 0.318. The van der Waals surface area contributed by atoms with E-state index in [0.29, 0.717) is 17.5 Å². The van der Waals surface area contributed by atoms with Crippen LogP contribution in [-0.4, -0.2) is 65.0 Å². The van der Waals surface area contributed by atoms with Gasteiger partial charge in [0.05, 0.1) is 33.5 Å². The average molecular weight is 540 g/mol. The lowest BCUT2D eigenvalue weighted by Crippen LogP contribution is -2.44. The molecule has 2 aromatic rings. The van der Waals surface area contributed by atoms with Gasteiger partial charge in [-0.15, -0.1) is 24.0 Å². The number of anilines is 1. The van der Waals surface area contributed by atoms with Crippen LogP contribution in [0.15, 0.2) is 47.5 Å². The molecule has 0 aliphatic carbocycles. The summed E-state index contributed by atoms with van der Waals surface area (Å²) in [5.41, 5.74) is 3.43. The summed E-state index contributed by atoms with van der Waals surface area (Å²) in [5, 5.41) is 6.82. The molecule has 1 atom stereocenters. The number of guanidine groups is 1. The van der Waals surface area contributed by atoms with Crippen molar-refractivity contribution in [3.8, 4) is 11.5 Å². The van der Waals surface area contributed by atoms with E-state index in [1.54, 1.807) is 21.3 Å². The zero-order valence-corrected chi connectivity index (χ0v) is 21.0. The van der Waals surface area contributed by atoms with E-state index in [1.165, 1.54) is 11.1 Å². The van der Waals surface area contributed by atoms with Crippen molar-refractivity contribution in [1.82, 2.24) is 10.2 Å². The van der Waals surface area contributed by atoms with Gasteiger partial charge >= 0.3 is 0 Å². The van der Waals surface area contributed by atoms with E-state index in [2.05, 4.69) is 51.7 Å². The third-order valence-electron chi connectivity index (χ3n) is 5.25. The third-order valence-corrected chi connectivity index (χ3v) is 5.25. The fourth-order valence-electron chi connectivity index (χ4n) is 3.65. The fraction of sp³-hybridized carbons (Fsp3) is 0.435. The molecule has 31 heavy (non-hydrogen) atoms. The van der Waals surface area contributed by atoms with Crippen molar-refractivity contribution in [2.75, 3.05) is 59.4 Å². The number of aliphatic imine (C=N–C) groups is 1. The van der Waals surface area contributed by atoms with Gasteiger partial charge in [-0.3, -0.25) is 9.89 Å². The largest absolute Gasteiger partial charge is 0.493 e. The SMILES string of the molecule is CN=C(NCC(c1cccc(C)c1)N1CCOCC1)Nc1ccc(OC)c(OC)c1.I.